The topological polar surface area (TPSA) is 126 Å². The summed E-state index contributed by atoms with van der Waals surface area (Å²) in [7, 11) is 0. The number of quaternary nitrogens is 1. The number of aliphatic carboxylic acids is 1. The number of carbonyl (C=O) groups is 3. The largest absolute Gasteiger partial charge is 0.548 e. The molecule has 0 rings (SSSR count). The van der Waals surface area contributed by atoms with E-state index < -0.39 is 30.0 Å². The van der Waals surface area contributed by atoms with Crippen molar-refractivity contribution in [1.29, 1.82) is 0 Å². The van der Waals surface area contributed by atoms with Gasteiger partial charge in [-0.3, -0.25) is 9.59 Å². The third-order valence-corrected chi connectivity index (χ3v) is 3.68. The molecule has 7 heteroatoms. The number of hydrogen-bond acceptors (Lipinski definition) is 4. The van der Waals surface area contributed by atoms with Gasteiger partial charge < -0.3 is 26.3 Å². The molecule has 0 saturated heterocycles. The molecule has 140 valence electrons. The fourth-order valence-electron chi connectivity index (χ4n) is 2.43. The van der Waals surface area contributed by atoms with Gasteiger partial charge >= 0.3 is 0 Å². The van der Waals surface area contributed by atoms with E-state index in [4.69, 9.17) is 0 Å². The highest BCUT2D eigenvalue weighted by Gasteiger charge is 2.29. The molecule has 0 aromatic carbocycles. The Labute approximate surface area is 144 Å². The summed E-state index contributed by atoms with van der Waals surface area (Å²) < 4.78 is 0. The molecule has 5 N–H and O–H groups in total. The maximum atomic E-state index is 12.4. The Balaban J connectivity index is 4.94. The summed E-state index contributed by atoms with van der Waals surface area (Å²) in [4.78, 5) is 35.8. The number of hydrogen-bond donors (Lipinski definition) is 3. The molecule has 0 fully saturated rings. The summed E-state index contributed by atoms with van der Waals surface area (Å²) in [6.07, 6.45) is 0.894. The summed E-state index contributed by atoms with van der Waals surface area (Å²) in [5, 5.41) is 16.4. The second kappa shape index (κ2) is 10.3. The van der Waals surface area contributed by atoms with Gasteiger partial charge in [-0.2, -0.15) is 0 Å². The monoisotopic (exact) mass is 343 g/mol. The van der Waals surface area contributed by atoms with Gasteiger partial charge in [-0.1, -0.05) is 41.5 Å². The molecule has 24 heavy (non-hydrogen) atoms. The van der Waals surface area contributed by atoms with E-state index >= 15 is 0 Å². The zero-order valence-corrected chi connectivity index (χ0v) is 15.7. The minimum absolute atomic E-state index is 0.0931. The lowest BCUT2D eigenvalue weighted by molar-refractivity contribution is -0.406. The van der Waals surface area contributed by atoms with Gasteiger partial charge in [-0.15, -0.1) is 0 Å². The van der Waals surface area contributed by atoms with Crippen molar-refractivity contribution in [2.75, 3.05) is 0 Å². The van der Waals surface area contributed by atoms with Gasteiger partial charge in [0.2, 0.25) is 5.91 Å². The lowest BCUT2D eigenvalue weighted by Crippen LogP contribution is -2.69. The van der Waals surface area contributed by atoms with Crippen molar-refractivity contribution in [1.82, 2.24) is 10.6 Å². The molecule has 2 amide bonds. The second-order valence-electron chi connectivity index (χ2n) is 7.57. The average Bonchev–Trinajstić information content (AvgIpc) is 2.41. The van der Waals surface area contributed by atoms with Gasteiger partial charge in [-0.25, -0.2) is 0 Å². The minimum atomic E-state index is -1.32. The van der Waals surface area contributed by atoms with Crippen molar-refractivity contribution in [3.63, 3.8) is 0 Å². The molecular weight excluding hydrogens is 310 g/mol. The highest BCUT2D eigenvalue weighted by molar-refractivity contribution is 5.91. The van der Waals surface area contributed by atoms with Crippen LogP contribution in [0.1, 0.15) is 54.4 Å². The Hall–Kier alpha value is -1.63. The van der Waals surface area contributed by atoms with Gasteiger partial charge in [0.15, 0.2) is 6.04 Å². The third-order valence-electron chi connectivity index (χ3n) is 3.68. The van der Waals surface area contributed by atoms with Crippen molar-refractivity contribution >= 4 is 17.8 Å². The van der Waals surface area contributed by atoms with Crippen LogP contribution in [-0.4, -0.2) is 35.9 Å². The van der Waals surface area contributed by atoms with Crippen LogP contribution in [0.25, 0.3) is 0 Å². The van der Waals surface area contributed by atoms with Crippen LogP contribution in [0.15, 0.2) is 0 Å². The molecule has 0 aliphatic rings. The summed E-state index contributed by atoms with van der Waals surface area (Å²) in [6, 6.07) is -2.32. The summed E-state index contributed by atoms with van der Waals surface area (Å²) in [5.41, 5.74) is 3.83. The first kappa shape index (κ1) is 22.4. The first-order valence-corrected chi connectivity index (χ1v) is 8.60. The van der Waals surface area contributed by atoms with Gasteiger partial charge in [0.25, 0.3) is 5.91 Å². The molecule has 7 nitrogen and oxygen atoms in total. The quantitative estimate of drug-likeness (QED) is 0.473. The third kappa shape index (κ3) is 8.29. The van der Waals surface area contributed by atoms with E-state index in [0.29, 0.717) is 12.3 Å². The zero-order chi connectivity index (χ0) is 19.0. The van der Waals surface area contributed by atoms with Crippen molar-refractivity contribution < 1.29 is 25.2 Å². The van der Waals surface area contributed by atoms with E-state index in [1.54, 1.807) is 13.8 Å². The average molecular weight is 343 g/mol. The summed E-state index contributed by atoms with van der Waals surface area (Å²) in [6.45, 7) is 11.3. The van der Waals surface area contributed by atoms with E-state index in [-0.39, 0.29) is 24.2 Å². The molecule has 0 aliphatic heterocycles. The molecule has 0 aromatic heterocycles. The number of carboxylic acids is 1. The van der Waals surface area contributed by atoms with Crippen LogP contribution in [0.2, 0.25) is 0 Å². The van der Waals surface area contributed by atoms with Crippen LogP contribution in [0.3, 0.4) is 0 Å². The van der Waals surface area contributed by atoms with E-state index in [1.807, 2.05) is 27.7 Å². The van der Waals surface area contributed by atoms with Crippen LogP contribution in [0.4, 0.5) is 0 Å². The van der Waals surface area contributed by atoms with Crippen LogP contribution in [-0.2, 0) is 14.4 Å². The zero-order valence-electron chi connectivity index (χ0n) is 15.7. The van der Waals surface area contributed by atoms with Crippen molar-refractivity contribution in [3.8, 4) is 0 Å². The Morgan fingerprint density at radius 3 is 1.75 bits per heavy atom. The molecule has 0 heterocycles. The fraction of sp³-hybridized carbons (Fsp3) is 0.824. The van der Waals surface area contributed by atoms with Crippen molar-refractivity contribution in [2.24, 2.45) is 17.8 Å². The van der Waals surface area contributed by atoms with E-state index in [0.717, 1.165) is 0 Å². The summed E-state index contributed by atoms with van der Waals surface area (Å²) in [5.74, 6) is -1.90. The Bertz CT molecular complexity index is 436. The Kier molecular flexibility index (Phi) is 9.58. The van der Waals surface area contributed by atoms with Crippen LogP contribution >= 0.6 is 0 Å². The molecule has 3 atom stereocenters. The SMILES string of the molecule is CC(C)CC([NH3+])C(=O)NC(C(=O)NC(CC(C)C)C(=O)[O-])C(C)C. The lowest BCUT2D eigenvalue weighted by Gasteiger charge is -2.27. The van der Waals surface area contributed by atoms with Gasteiger partial charge in [-0.05, 0) is 24.2 Å². The molecule has 0 aliphatic carbocycles. The number of amides is 2. The molecular formula is C17H33N3O4. The first-order chi connectivity index (χ1) is 11.0. The van der Waals surface area contributed by atoms with Crippen LogP contribution in [0, 0.1) is 17.8 Å². The van der Waals surface area contributed by atoms with Crippen LogP contribution < -0.4 is 21.5 Å². The fourth-order valence-corrected chi connectivity index (χ4v) is 2.43. The first-order valence-electron chi connectivity index (χ1n) is 8.60. The van der Waals surface area contributed by atoms with Gasteiger partial charge in [0, 0.05) is 6.42 Å². The minimum Gasteiger partial charge on any atom is -0.548 e. The van der Waals surface area contributed by atoms with E-state index in [2.05, 4.69) is 16.4 Å². The highest BCUT2D eigenvalue weighted by Crippen LogP contribution is 2.08. The molecule has 0 radical (unpaired) electrons. The van der Waals surface area contributed by atoms with Crippen LogP contribution in [0.5, 0.6) is 0 Å². The molecule has 3 unspecified atom stereocenters. The highest BCUT2D eigenvalue weighted by atomic mass is 16.4. The number of carbonyl (C=O) groups excluding carboxylic acids is 3. The number of nitrogens with one attached hydrogen (secondary N) is 2. The maximum Gasteiger partial charge on any atom is 0.278 e. The van der Waals surface area contributed by atoms with Crippen molar-refractivity contribution in [3.05, 3.63) is 0 Å². The molecule has 0 saturated carbocycles. The van der Waals surface area contributed by atoms with E-state index in [9.17, 15) is 19.5 Å². The molecule has 0 spiro atoms. The molecule has 0 aromatic rings. The van der Waals surface area contributed by atoms with Crippen molar-refractivity contribution in [2.45, 2.75) is 72.5 Å². The Morgan fingerprint density at radius 1 is 0.875 bits per heavy atom. The van der Waals surface area contributed by atoms with E-state index in [1.165, 1.54) is 0 Å². The number of rotatable bonds is 10. The predicted molar refractivity (Wildman–Crippen MR) is 89.3 cm³/mol. The number of carboxylic acid groups (broad SMARTS) is 1. The Morgan fingerprint density at radius 2 is 1.38 bits per heavy atom. The smallest absolute Gasteiger partial charge is 0.278 e. The van der Waals surface area contributed by atoms with Gasteiger partial charge in [0.1, 0.15) is 6.04 Å². The lowest BCUT2D eigenvalue weighted by atomic mass is 9.99. The summed E-state index contributed by atoms with van der Waals surface area (Å²) >= 11 is 0. The predicted octanol–water partition coefficient (Wildman–Crippen LogP) is -0.935. The maximum absolute atomic E-state index is 12.4. The normalized spacial score (nSPS) is 15.2. The molecule has 0 bridgehead atoms. The second-order valence-corrected chi connectivity index (χ2v) is 7.57. The standard InChI is InChI=1S/C17H33N3O4/c1-9(2)7-12(18)15(21)20-14(11(5)6)16(22)19-13(17(23)24)8-10(3)4/h9-14H,7-8,18H2,1-6H3,(H,19,22)(H,20,21)(H,23,24). The van der Waals surface area contributed by atoms with Gasteiger partial charge in [0.05, 0.1) is 12.0 Å².